The maximum absolute atomic E-state index is 13.1. The van der Waals surface area contributed by atoms with Gasteiger partial charge in [0.15, 0.2) is 0 Å². The second-order valence-corrected chi connectivity index (χ2v) is 4.07. The smallest absolute Gasteiger partial charge is 0.350 e. The first kappa shape index (κ1) is 13.5. The average Bonchev–Trinajstić information content (AvgIpc) is 2.65. The molecular weight excluding hydrogens is 269 g/mol. The molecule has 0 N–H and O–H groups in total. The third-order valence-electron chi connectivity index (χ3n) is 2.78. The lowest BCUT2D eigenvalue weighted by molar-refractivity contribution is -0.255. The summed E-state index contributed by atoms with van der Waals surface area (Å²) in [6, 6.07) is 5.91. The minimum Gasteiger partial charge on any atom is -0.350 e. The van der Waals surface area contributed by atoms with Gasteiger partial charge in [-0.05, 0) is 6.07 Å². The molecule has 0 unspecified atom stereocenters. The van der Waals surface area contributed by atoms with Crippen LogP contribution in [0, 0.1) is 0 Å². The van der Waals surface area contributed by atoms with Gasteiger partial charge in [0.05, 0.1) is 0 Å². The number of ketones is 1. The predicted octanol–water partition coefficient (Wildman–Crippen LogP) is 3.56. The Hall–Kier alpha value is -1.92. The fraction of sp³-hybridized carbons (Fsp3) is 0.250. The van der Waals surface area contributed by atoms with Crippen LogP contribution in [0.2, 0.25) is 0 Å². The van der Waals surface area contributed by atoms with Crippen LogP contribution < -0.4 is 0 Å². The predicted molar refractivity (Wildman–Crippen MR) is 58.3 cm³/mol. The third kappa shape index (κ3) is 1.98. The molecule has 2 aromatic rings. The molecule has 0 aliphatic carbocycles. The fourth-order valence-corrected chi connectivity index (χ4v) is 1.82. The molecule has 0 saturated heterocycles. The number of carbonyl (C=O) groups is 1. The number of Topliss-reactive ketones (excluding diaryl/α,β-unsaturated/α-hetero) is 1. The SMILES string of the molecule is Cn1cc(C(=O)C(F)(F)C(F)(F)F)c2ccccc21. The lowest BCUT2D eigenvalue weighted by Crippen LogP contribution is -2.44. The molecule has 0 amide bonds. The van der Waals surface area contributed by atoms with Crippen LogP contribution in [-0.2, 0) is 7.05 Å². The Morgan fingerprint density at radius 3 is 2.26 bits per heavy atom. The number of para-hydroxylation sites is 1. The van der Waals surface area contributed by atoms with Gasteiger partial charge in [-0.2, -0.15) is 22.0 Å². The molecule has 1 heterocycles. The van der Waals surface area contributed by atoms with E-state index < -0.39 is 23.4 Å². The van der Waals surface area contributed by atoms with Crippen LogP contribution in [0.5, 0.6) is 0 Å². The van der Waals surface area contributed by atoms with Gasteiger partial charge in [0.1, 0.15) is 0 Å². The standard InChI is InChI=1S/C12H8F5NO/c1-18-6-8(7-4-2-3-5-9(7)18)10(19)11(13,14)12(15,16)17/h2-6H,1H3. The number of hydrogen-bond acceptors (Lipinski definition) is 1. The fourth-order valence-electron chi connectivity index (χ4n) is 1.82. The maximum atomic E-state index is 13.1. The third-order valence-corrected chi connectivity index (χ3v) is 2.78. The van der Waals surface area contributed by atoms with E-state index in [1.165, 1.54) is 29.8 Å². The molecule has 0 atom stereocenters. The van der Waals surface area contributed by atoms with E-state index in [4.69, 9.17) is 0 Å². The highest BCUT2D eigenvalue weighted by Gasteiger charge is 2.63. The normalized spacial score (nSPS) is 12.9. The number of fused-ring (bicyclic) bond motifs is 1. The molecule has 0 aliphatic heterocycles. The monoisotopic (exact) mass is 277 g/mol. The van der Waals surface area contributed by atoms with E-state index in [-0.39, 0.29) is 5.39 Å². The van der Waals surface area contributed by atoms with Crippen LogP contribution in [0.25, 0.3) is 10.9 Å². The Morgan fingerprint density at radius 2 is 1.68 bits per heavy atom. The average molecular weight is 277 g/mol. The highest BCUT2D eigenvalue weighted by molar-refractivity contribution is 6.11. The zero-order valence-corrected chi connectivity index (χ0v) is 9.63. The number of alkyl halides is 5. The Labute approximate surface area is 104 Å². The van der Waals surface area contributed by atoms with Crippen molar-refractivity contribution in [2.45, 2.75) is 12.1 Å². The van der Waals surface area contributed by atoms with Crippen molar-refractivity contribution < 1.29 is 26.7 Å². The lowest BCUT2D eigenvalue weighted by atomic mass is 10.0. The summed E-state index contributed by atoms with van der Waals surface area (Å²) in [5, 5.41) is 0.0684. The zero-order valence-electron chi connectivity index (χ0n) is 9.63. The van der Waals surface area contributed by atoms with Gasteiger partial charge in [-0.3, -0.25) is 4.79 Å². The molecule has 19 heavy (non-hydrogen) atoms. The summed E-state index contributed by atoms with van der Waals surface area (Å²) >= 11 is 0. The molecule has 0 aliphatic rings. The summed E-state index contributed by atoms with van der Waals surface area (Å²) in [6.45, 7) is 0. The van der Waals surface area contributed by atoms with Gasteiger partial charge < -0.3 is 4.57 Å². The van der Waals surface area contributed by atoms with Gasteiger partial charge in [0, 0.05) is 29.7 Å². The Bertz CT molecular complexity index is 641. The van der Waals surface area contributed by atoms with Crippen LogP contribution in [0.15, 0.2) is 30.5 Å². The number of benzene rings is 1. The van der Waals surface area contributed by atoms with Crippen LogP contribution >= 0.6 is 0 Å². The van der Waals surface area contributed by atoms with Gasteiger partial charge in [-0.25, -0.2) is 0 Å². The van der Waals surface area contributed by atoms with Gasteiger partial charge in [-0.15, -0.1) is 0 Å². The van der Waals surface area contributed by atoms with E-state index in [2.05, 4.69) is 0 Å². The van der Waals surface area contributed by atoms with Gasteiger partial charge in [0.2, 0.25) is 5.78 Å². The zero-order chi connectivity index (χ0) is 14.4. The van der Waals surface area contributed by atoms with Crippen molar-refractivity contribution in [1.29, 1.82) is 0 Å². The van der Waals surface area contributed by atoms with E-state index in [0.29, 0.717) is 5.52 Å². The van der Waals surface area contributed by atoms with Crippen molar-refractivity contribution in [3.8, 4) is 0 Å². The van der Waals surface area contributed by atoms with Gasteiger partial charge in [-0.1, -0.05) is 18.2 Å². The van der Waals surface area contributed by atoms with E-state index in [9.17, 15) is 26.7 Å². The first-order valence-corrected chi connectivity index (χ1v) is 5.19. The van der Waals surface area contributed by atoms with Crippen LogP contribution in [0.1, 0.15) is 10.4 Å². The molecule has 2 rings (SSSR count). The maximum Gasteiger partial charge on any atom is 0.461 e. The number of aryl methyl sites for hydroxylation is 1. The molecule has 0 spiro atoms. The van der Waals surface area contributed by atoms with Gasteiger partial charge >= 0.3 is 12.1 Å². The van der Waals surface area contributed by atoms with E-state index in [1.807, 2.05) is 0 Å². The van der Waals surface area contributed by atoms with E-state index >= 15 is 0 Å². The Morgan fingerprint density at radius 1 is 1.11 bits per heavy atom. The molecule has 0 fully saturated rings. The first-order chi connectivity index (χ1) is 8.66. The minimum absolute atomic E-state index is 0.0684. The number of rotatable bonds is 2. The van der Waals surface area contributed by atoms with Crippen molar-refractivity contribution in [3.63, 3.8) is 0 Å². The number of nitrogens with zero attached hydrogens (tertiary/aromatic N) is 1. The van der Waals surface area contributed by atoms with Crippen LogP contribution in [-0.4, -0.2) is 22.4 Å². The molecule has 0 bridgehead atoms. The highest BCUT2D eigenvalue weighted by Crippen LogP contribution is 2.39. The summed E-state index contributed by atoms with van der Waals surface area (Å²) in [6.07, 6.45) is -4.92. The molecule has 1 aromatic carbocycles. The minimum atomic E-state index is -5.90. The molecular formula is C12H8F5NO. The topological polar surface area (TPSA) is 22.0 Å². The summed E-state index contributed by atoms with van der Waals surface area (Å²) in [5.74, 6) is -7.63. The summed E-state index contributed by atoms with van der Waals surface area (Å²) in [5.41, 5.74) is -0.232. The number of aromatic nitrogens is 1. The molecule has 1 aromatic heterocycles. The second kappa shape index (κ2) is 4.04. The van der Waals surface area contributed by atoms with Crippen molar-refractivity contribution in [3.05, 3.63) is 36.0 Å². The van der Waals surface area contributed by atoms with Crippen molar-refractivity contribution in [2.24, 2.45) is 7.05 Å². The number of halogens is 5. The largest absolute Gasteiger partial charge is 0.461 e. The van der Waals surface area contributed by atoms with Crippen molar-refractivity contribution in [1.82, 2.24) is 4.57 Å². The number of hydrogen-bond donors (Lipinski definition) is 0. The van der Waals surface area contributed by atoms with Gasteiger partial charge in [0.25, 0.3) is 0 Å². The first-order valence-electron chi connectivity index (χ1n) is 5.19. The van der Waals surface area contributed by atoms with Crippen LogP contribution in [0.3, 0.4) is 0 Å². The molecule has 0 radical (unpaired) electrons. The molecule has 102 valence electrons. The van der Waals surface area contributed by atoms with E-state index in [1.54, 1.807) is 6.07 Å². The molecule has 0 saturated carbocycles. The Kier molecular flexibility index (Phi) is 2.87. The van der Waals surface area contributed by atoms with E-state index in [0.717, 1.165) is 6.20 Å². The Balaban J connectivity index is 2.60. The quantitative estimate of drug-likeness (QED) is 0.607. The molecule has 7 heteroatoms. The van der Waals surface area contributed by atoms with Crippen LogP contribution in [0.4, 0.5) is 22.0 Å². The summed E-state index contributed by atoms with van der Waals surface area (Å²) < 4.78 is 64.1. The number of carbonyl (C=O) groups excluding carboxylic acids is 1. The highest BCUT2D eigenvalue weighted by atomic mass is 19.4. The molecule has 2 nitrogen and oxygen atoms in total. The summed E-state index contributed by atoms with van der Waals surface area (Å²) in [7, 11) is 1.46. The van der Waals surface area contributed by atoms with Crippen molar-refractivity contribution in [2.75, 3.05) is 0 Å². The second-order valence-electron chi connectivity index (χ2n) is 4.07. The van der Waals surface area contributed by atoms with Crippen molar-refractivity contribution >= 4 is 16.7 Å². The summed E-state index contributed by atoms with van der Waals surface area (Å²) in [4.78, 5) is 11.5. The lowest BCUT2D eigenvalue weighted by Gasteiger charge is -2.17.